The van der Waals surface area contributed by atoms with Crippen molar-refractivity contribution in [2.45, 2.75) is 27.3 Å². The van der Waals surface area contributed by atoms with Crippen molar-refractivity contribution in [3.8, 4) is 0 Å². The van der Waals surface area contributed by atoms with Gasteiger partial charge in [0.15, 0.2) is 5.96 Å². The van der Waals surface area contributed by atoms with Crippen molar-refractivity contribution in [2.24, 2.45) is 10.4 Å². The quantitative estimate of drug-likeness (QED) is 0.437. The molecule has 0 amide bonds. The van der Waals surface area contributed by atoms with Crippen molar-refractivity contribution >= 4 is 29.9 Å². The van der Waals surface area contributed by atoms with Crippen LogP contribution in [0.3, 0.4) is 0 Å². The SMILES string of the molecule is CCNC(=NCc1ccc(C)c(F)c1)NCC1(C)COC1.I. The molecule has 1 aliphatic heterocycles. The minimum absolute atomic E-state index is 0. The summed E-state index contributed by atoms with van der Waals surface area (Å²) in [6.45, 7) is 9.60. The van der Waals surface area contributed by atoms with Gasteiger partial charge in [0, 0.05) is 18.5 Å². The number of nitrogens with zero attached hydrogens (tertiary/aromatic N) is 1. The zero-order valence-electron chi connectivity index (χ0n) is 13.4. The Hall–Kier alpha value is -0.890. The van der Waals surface area contributed by atoms with Crippen LogP contribution in [0.1, 0.15) is 25.0 Å². The molecule has 0 aliphatic carbocycles. The number of nitrogens with one attached hydrogen (secondary N) is 2. The minimum atomic E-state index is -0.181. The Bertz CT molecular complexity index is 518. The molecule has 1 saturated heterocycles. The van der Waals surface area contributed by atoms with E-state index in [0.29, 0.717) is 12.1 Å². The lowest BCUT2D eigenvalue weighted by Gasteiger charge is -2.38. The molecular formula is C16H25FIN3O. The predicted molar refractivity (Wildman–Crippen MR) is 98.3 cm³/mol. The molecular weight excluding hydrogens is 396 g/mol. The number of guanidine groups is 1. The summed E-state index contributed by atoms with van der Waals surface area (Å²) in [6, 6.07) is 5.24. The third-order valence-electron chi connectivity index (χ3n) is 3.58. The van der Waals surface area contributed by atoms with E-state index >= 15 is 0 Å². The van der Waals surface area contributed by atoms with Crippen molar-refractivity contribution in [1.82, 2.24) is 10.6 Å². The van der Waals surface area contributed by atoms with Crippen LogP contribution in [0, 0.1) is 18.2 Å². The molecule has 1 aromatic rings. The fourth-order valence-electron chi connectivity index (χ4n) is 2.10. The fraction of sp³-hybridized carbons (Fsp3) is 0.562. The lowest BCUT2D eigenvalue weighted by Crippen LogP contribution is -2.51. The van der Waals surface area contributed by atoms with Gasteiger partial charge in [-0.15, -0.1) is 24.0 Å². The number of rotatable bonds is 5. The molecule has 22 heavy (non-hydrogen) atoms. The molecule has 0 spiro atoms. The standard InChI is InChI=1S/C16H24FN3O.HI/c1-4-18-15(20-9-16(3)10-21-11-16)19-8-13-6-5-12(2)14(17)7-13;/h5-7H,4,8-11H2,1-3H3,(H2,18,19,20);1H. The molecule has 0 saturated carbocycles. The highest BCUT2D eigenvalue weighted by Gasteiger charge is 2.33. The summed E-state index contributed by atoms with van der Waals surface area (Å²) in [5.41, 5.74) is 1.71. The van der Waals surface area contributed by atoms with Crippen molar-refractivity contribution < 1.29 is 9.13 Å². The second-order valence-electron chi connectivity index (χ2n) is 5.94. The molecule has 1 aliphatic rings. The molecule has 2 N–H and O–H groups in total. The van der Waals surface area contributed by atoms with E-state index in [4.69, 9.17) is 4.74 Å². The lowest BCUT2D eigenvalue weighted by atomic mass is 9.89. The van der Waals surface area contributed by atoms with Crippen LogP contribution < -0.4 is 10.6 Å². The second kappa shape index (κ2) is 8.67. The first-order valence-electron chi connectivity index (χ1n) is 7.37. The van der Waals surface area contributed by atoms with Crippen molar-refractivity contribution in [3.05, 3.63) is 35.1 Å². The summed E-state index contributed by atoms with van der Waals surface area (Å²) in [7, 11) is 0. The van der Waals surface area contributed by atoms with Gasteiger partial charge < -0.3 is 15.4 Å². The van der Waals surface area contributed by atoms with E-state index in [1.54, 1.807) is 19.1 Å². The summed E-state index contributed by atoms with van der Waals surface area (Å²) in [4.78, 5) is 4.50. The van der Waals surface area contributed by atoms with Gasteiger partial charge in [0.2, 0.25) is 0 Å². The monoisotopic (exact) mass is 421 g/mol. The van der Waals surface area contributed by atoms with Crippen LogP contribution in [0.15, 0.2) is 23.2 Å². The molecule has 4 nitrogen and oxygen atoms in total. The summed E-state index contributed by atoms with van der Waals surface area (Å²) in [5.74, 6) is 0.575. The number of ether oxygens (including phenoxy) is 1. The number of benzene rings is 1. The van der Waals surface area contributed by atoms with Crippen LogP contribution in [0.4, 0.5) is 4.39 Å². The molecule has 1 heterocycles. The number of hydrogen-bond acceptors (Lipinski definition) is 2. The first kappa shape index (κ1) is 19.2. The van der Waals surface area contributed by atoms with E-state index in [-0.39, 0.29) is 35.2 Å². The smallest absolute Gasteiger partial charge is 0.191 e. The average Bonchev–Trinajstić information content (AvgIpc) is 2.43. The van der Waals surface area contributed by atoms with E-state index in [1.165, 1.54) is 0 Å². The van der Waals surface area contributed by atoms with Gasteiger partial charge in [-0.3, -0.25) is 0 Å². The number of aryl methyl sites for hydroxylation is 1. The third-order valence-corrected chi connectivity index (χ3v) is 3.58. The number of hydrogen-bond donors (Lipinski definition) is 2. The van der Waals surface area contributed by atoms with Crippen LogP contribution in [0.25, 0.3) is 0 Å². The molecule has 1 aromatic carbocycles. The highest BCUT2D eigenvalue weighted by atomic mass is 127. The van der Waals surface area contributed by atoms with E-state index < -0.39 is 0 Å². The van der Waals surface area contributed by atoms with E-state index in [0.717, 1.165) is 37.8 Å². The Morgan fingerprint density at radius 2 is 2.09 bits per heavy atom. The van der Waals surface area contributed by atoms with Gasteiger partial charge in [-0.2, -0.15) is 0 Å². The van der Waals surface area contributed by atoms with Crippen molar-refractivity contribution in [2.75, 3.05) is 26.3 Å². The van der Waals surface area contributed by atoms with Crippen LogP contribution in [0.5, 0.6) is 0 Å². The molecule has 1 fully saturated rings. The van der Waals surface area contributed by atoms with E-state index in [1.807, 2.05) is 13.0 Å². The molecule has 2 rings (SSSR count). The molecule has 0 unspecified atom stereocenters. The topological polar surface area (TPSA) is 45.7 Å². The Morgan fingerprint density at radius 3 is 2.64 bits per heavy atom. The maximum Gasteiger partial charge on any atom is 0.191 e. The first-order chi connectivity index (χ1) is 10.0. The van der Waals surface area contributed by atoms with Crippen molar-refractivity contribution in [3.63, 3.8) is 0 Å². The maximum absolute atomic E-state index is 13.5. The van der Waals surface area contributed by atoms with Crippen LogP contribution in [-0.2, 0) is 11.3 Å². The van der Waals surface area contributed by atoms with Crippen LogP contribution in [-0.4, -0.2) is 32.3 Å². The fourth-order valence-corrected chi connectivity index (χ4v) is 2.10. The van der Waals surface area contributed by atoms with Gasteiger partial charge in [-0.25, -0.2) is 9.38 Å². The third kappa shape index (κ3) is 5.39. The second-order valence-corrected chi connectivity index (χ2v) is 5.94. The molecule has 0 aromatic heterocycles. The van der Waals surface area contributed by atoms with Gasteiger partial charge in [0.1, 0.15) is 5.82 Å². The largest absolute Gasteiger partial charge is 0.380 e. The summed E-state index contributed by atoms with van der Waals surface area (Å²) in [5, 5.41) is 6.53. The van der Waals surface area contributed by atoms with Gasteiger partial charge in [0.05, 0.1) is 19.8 Å². The number of halogens is 2. The Labute approximate surface area is 148 Å². The highest BCUT2D eigenvalue weighted by Crippen LogP contribution is 2.24. The van der Waals surface area contributed by atoms with Gasteiger partial charge in [-0.1, -0.05) is 19.1 Å². The molecule has 0 bridgehead atoms. The van der Waals surface area contributed by atoms with Crippen LogP contribution in [0.2, 0.25) is 0 Å². The van der Waals surface area contributed by atoms with Crippen LogP contribution >= 0.6 is 24.0 Å². The predicted octanol–water partition coefficient (Wildman–Crippen LogP) is 2.84. The Balaban J connectivity index is 0.00000242. The lowest BCUT2D eigenvalue weighted by molar-refractivity contribution is -0.0971. The van der Waals surface area contributed by atoms with Gasteiger partial charge in [0.25, 0.3) is 0 Å². The minimum Gasteiger partial charge on any atom is -0.380 e. The average molecular weight is 421 g/mol. The highest BCUT2D eigenvalue weighted by molar-refractivity contribution is 14.0. The summed E-state index contributed by atoms with van der Waals surface area (Å²) < 4.78 is 18.8. The molecule has 124 valence electrons. The molecule has 6 heteroatoms. The Kier molecular flexibility index (Phi) is 7.55. The zero-order valence-corrected chi connectivity index (χ0v) is 15.7. The first-order valence-corrected chi connectivity index (χ1v) is 7.37. The molecule has 0 radical (unpaired) electrons. The summed E-state index contributed by atoms with van der Waals surface area (Å²) in [6.07, 6.45) is 0. The van der Waals surface area contributed by atoms with Crippen molar-refractivity contribution in [1.29, 1.82) is 0 Å². The normalized spacial score (nSPS) is 16.5. The van der Waals surface area contributed by atoms with Gasteiger partial charge >= 0.3 is 0 Å². The van der Waals surface area contributed by atoms with E-state index in [9.17, 15) is 4.39 Å². The zero-order chi connectivity index (χ0) is 15.3. The van der Waals surface area contributed by atoms with E-state index in [2.05, 4.69) is 22.5 Å². The summed E-state index contributed by atoms with van der Waals surface area (Å²) >= 11 is 0. The maximum atomic E-state index is 13.5. The van der Waals surface area contributed by atoms with Gasteiger partial charge in [-0.05, 0) is 31.0 Å². The Morgan fingerprint density at radius 1 is 1.36 bits per heavy atom. The molecule has 0 atom stereocenters. The number of aliphatic imine (C=N–C) groups is 1.